The number of hydrogen-bond donors (Lipinski definition) is 0. The fourth-order valence-electron chi connectivity index (χ4n) is 2.97. The van der Waals surface area contributed by atoms with Gasteiger partial charge < -0.3 is 0 Å². The van der Waals surface area contributed by atoms with Crippen LogP contribution in [0, 0.1) is 18.8 Å². The van der Waals surface area contributed by atoms with Crippen LogP contribution in [-0.4, -0.2) is 0 Å². The Morgan fingerprint density at radius 1 is 0.680 bits per heavy atom. The molecule has 0 amide bonds. The lowest BCUT2D eigenvalue weighted by atomic mass is 10.0. The van der Waals surface area contributed by atoms with Crippen LogP contribution in [0.4, 0.5) is 0 Å². The predicted octanol–water partition coefficient (Wildman–Crippen LogP) is 6.88. The van der Waals surface area contributed by atoms with Gasteiger partial charge in [0.2, 0.25) is 0 Å². The molecule has 0 radical (unpaired) electrons. The van der Waals surface area contributed by atoms with E-state index in [1.54, 1.807) is 0 Å². The van der Waals surface area contributed by atoms with E-state index in [9.17, 15) is 0 Å². The van der Waals surface area contributed by atoms with Crippen molar-refractivity contribution in [3.63, 3.8) is 0 Å². The van der Waals surface area contributed by atoms with Crippen LogP contribution in [0.1, 0.15) is 74.1 Å². The second-order valence-electron chi connectivity index (χ2n) is 7.00. The second kappa shape index (κ2) is 11.5. The molecule has 0 spiro atoms. The van der Waals surface area contributed by atoms with E-state index < -0.39 is 0 Å². The molecule has 0 unspecified atom stereocenters. The van der Waals surface area contributed by atoms with Gasteiger partial charge in [0.05, 0.1) is 0 Å². The zero-order chi connectivity index (χ0) is 17.7. The van der Waals surface area contributed by atoms with Gasteiger partial charge >= 0.3 is 0 Å². The molecule has 2 rings (SSSR count). The van der Waals surface area contributed by atoms with Crippen molar-refractivity contribution in [1.82, 2.24) is 0 Å². The van der Waals surface area contributed by atoms with E-state index in [2.05, 4.69) is 74.2 Å². The van der Waals surface area contributed by atoms with Gasteiger partial charge in [0.1, 0.15) is 0 Å². The summed E-state index contributed by atoms with van der Waals surface area (Å²) in [5.74, 6) is 6.56. The maximum absolute atomic E-state index is 3.30. The highest BCUT2D eigenvalue weighted by Gasteiger charge is 1.96. The van der Waals surface area contributed by atoms with Gasteiger partial charge in [-0.3, -0.25) is 0 Å². The highest BCUT2D eigenvalue weighted by atomic mass is 14.0. The molecule has 0 aliphatic heterocycles. The summed E-state index contributed by atoms with van der Waals surface area (Å²) in [5.41, 5.74) is 5.39. The molecule has 0 saturated heterocycles. The molecule has 0 saturated carbocycles. The SMILES string of the molecule is CCCCCc1ccc(CCCCCC#Cc2ccc(C)cc2)cc1. The van der Waals surface area contributed by atoms with E-state index in [4.69, 9.17) is 0 Å². The van der Waals surface area contributed by atoms with E-state index in [0.717, 1.165) is 12.0 Å². The van der Waals surface area contributed by atoms with Crippen LogP contribution in [0.15, 0.2) is 48.5 Å². The van der Waals surface area contributed by atoms with Crippen LogP contribution in [0.5, 0.6) is 0 Å². The standard InChI is InChI=1S/C25H32/c1-3-4-8-11-24-18-20-25(21-19-24)13-10-7-5-6-9-12-23-16-14-22(2)15-17-23/h14-21H,3-8,10-11,13H2,1-2H3. The predicted molar refractivity (Wildman–Crippen MR) is 110 cm³/mol. The summed E-state index contributed by atoms with van der Waals surface area (Å²) >= 11 is 0. The molecule has 0 aliphatic rings. The highest BCUT2D eigenvalue weighted by Crippen LogP contribution is 2.12. The van der Waals surface area contributed by atoms with Crippen LogP contribution < -0.4 is 0 Å². The van der Waals surface area contributed by atoms with Crippen LogP contribution in [-0.2, 0) is 12.8 Å². The third-order valence-electron chi connectivity index (χ3n) is 4.64. The van der Waals surface area contributed by atoms with Gasteiger partial charge in [0.25, 0.3) is 0 Å². The van der Waals surface area contributed by atoms with Crippen LogP contribution in [0.3, 0.4) is 0 Å². The quantitative estimate of drug-likeness (QED) is 0.347. The highest BCUT2D eigenvalue weighted by molar-refractivity contribution is 5.35. The maximum Gasteiger partial charge on any atom is 0.0245 e. The van der Waals surface area contributed by atoms with Crippen molar-refractivity contribution in [3.05, 3.63) is 70.8 Å². The largest absolute Gasteiger partial charge is 0.0979 e. The van der Waals surface area contributed by atoms with E-state index in [-0.39, 0.29) is 0 Å². The van der Waals surface area contributed by atoms with Gasteiger partial charge in [0, 0.05) is 12.0 Å². The summed E-state index contributed by atoms with van der Waals surface area (Å²) in [5, 5.41) is 0. The van der Waals surface area contributed by atoms with Crippen molar-refractivity contribution in [2.75, 3.05) is 0 Å². The minimum absolute atomic E-state index is 1.00. The molecular weight excluding hydrogens is 300 g/mol. The van der Waals surface area contributed by atoms with Crippen LogP contribution in [0.25, 0.3) is 0 Å². The van der Waals surface area contributed by atoms with Gasteiger partial charge in [-0.1, -0.05) is 80.0 Å². The summed E-state index contributed by atoms with van der Waals surface area (Å²) in [4.78, 5) is 0. The van der Waals surface area contributed by atoms with E-state index in [0.29, 0.717) is 0 Å². The average molecular weight is 333 g/mol. The Labute approximate surface area is 154 Å². The van der Waals surface area contributed by atoms with Crippen molar-refractivity contribution in [2.24, 2.45) is 0 Å². The first-order valence-corrected chi connectivity index (χ1v) is 9.91. The van der Waals surface area contributed by atoms with E-state index in [1.807, 2.05) is 0 Å². The first-order chi connectivity index (χ1) is 12.3. The van der Waals surface area contributed by atoms with Crippen molar-refractivity contribution in [3.8, 4) is 11.8 Å². The van der Waals surface area contributed by atoms with E-state index in [1.165, 1.54) is 68.1 Å². The molecule has 132 valence electrons. The Balaban J connectivity index is 1.59. The topological polar surface area (TPSA) is 0 Å². The normalized spacial score (nSPS) is 10.3. The van der Waals surface area contributed by atoms with Gasteiger partial charge in [-0.05, 0) is 62.3 Å². The van der Waals surface area contributed by atoms with Gasteiger partial charge in [-0.2, -0.15) is 0 Å². The Morgan fingerprint density at radius 2 is 1.28 bits per heavy atom. The fourth-order valence-corrected chi connectivity index (χ4v) is 2.97. The summed E-state index contributed by atoms with van der Waals surface area (Å²) in [6, 6.07) is 17.7. The molecule has 0 heterocycles. The van der Waals surface area contributed by atoms with Gasteiger partial charge in [-0.25, -0.2) is 0 Å². The third kappa shape index (κ3) is 8.08. The van der Waals surface area contributed by atoms with Crippen molar-refractivity contribution >= 4 is 0 Å². The number of aryl methyl sites for hydroxylation is 3. The molecule has 0 aliphatic carbocycles. The molecule has 0 bridgehead atoms. The van der Waals surface area contributed by atoms with E-state index >= 15 is 0 Å². The number of hydrogen-bond acceptors (Lipinski definition) is 0. The summed E-state index contributed by atoms with van der Waals surface area (Å²) < 4.78 is 0. The number of rotatable bonds is 9. The zero-order valence-corrected chi connectivity index (χ0v) is 16.0. The molecule has 0 aromatic heterocycles. The summed E-state index contributed by atoms with van der Waals surface area (Å²) in [6.07, 6.45) is 11.1. The molecule has 25 heavy (non-hydrogen) atoms. The Morgan fingerprint density at radius 3 is 1.88 bits per heavy atom. The average Bonchev–Trinajstić information content (AvgIpc) is 2.64. The molecule has 2 aromatic rings. The smallest absolute Gasteiger partial charge is 0.0245 e. The third-order valence-corrected chi connectivity index (χ3v) is 4.64. The minimum atomic E-state index is 1.00. The Hall–Kier alpha value is -2.00. The summed E-state index contributed by atoms with van der Waals surface area (Å²) in [7, 11) is 0. The maximum atomic E-state index is 3.30. The van der Waals surface area contributed by atoms with Crippen molar-refractivity contribution < 1.29 is 0 Å². The molecule has 0 nitrogen and oxygen atoms in total. The zero-order valence-electron chi connectivity index (χ0n) is 16.0. The number of benzene rings is 2. The minimum Gasteiger partial charge on any atom is -0.0979 e. The second-order valence-corrected chi connectivity index (χ2v) is 7.00. The van der Waals surface area contributed by atoms with Gasteiger partial charge in [0.15, 0.2) is 0 Å². The van der Waals surface area contributed by atoms with Crippen molar-refractivity contribution in [1.29, 1.82) is 0 Å². The molecular formula is C25H32. The monoisotopic (exact) mass is 332 g/mol. The van der Waals surface area contributed by atoms with Crippen molar-refractivity contribution in [2.45, 2.75) is 71.6 Å². The molecule has 0 N–H and O–H groups in total. The Kier molecular flexibility index (Phi) is 8.92. The lowest BCUT2D eigenvalue weighted by molar-refractivity contribution is 0.692. The molecule has 0 heteroatoms. The molecule has 0 fully saturated rings. The first-order valence-electron chi connectivity index (χ1n) is 9.91. The Bertz CT molecular complexity index is 650. The number of unbranched alkanes of at least 4 members (excludes halogenated alkanes) is 5. The molecule has 0 atom stereocenters. The lowest BCUT2D eigenvalue weighted by Gasteiger charge is -2.04. The van der Waals surface area contributed by atoms with Crippen LogP contribution in [0.2, 0.25) is 0 Å². The van der Waals surface area contributed by atoms with Crippen LogP contribution >= 0.6 is 0 Å². The van der Waals surface area contributed by atoms with Gasteiger partial charge in [-0.15, -0.1) is 0 Å². The fraction of sp³-hybridized carbons (Fsp3) is 0.440. The molecule has 2 aromatic carbocycles. The summed E-state index contributed by atoms with van der Waals surface area (Å²) in [6.45, 7) is 4.37. The lowest BCUT2D eigenvalue weighted by Crippen LogP contribution is -1.89. The first kappa shape index (κ1) is 19.3.